The molecule has 0 rings (SSSR count). The third-order valence-corrected chi connectivity index (χ3v) is 1.91. The van der Waals surface area contributed by atoms with Gasteiger partial charge in [0.1, 0.15) is 0 Å². The summed E-state index contributed by atoms with van der Waals surface area (Å²) < 4.78 is 52.8. The molecule has 0 saturated carbocycles. The maximum atomic E-state index is 11.5. The molecule has 80 valence electrons. The molecular formula is C6H12F2O4S. The van der Waals surface area contributed by atoms with Gasteiger partial charge >= 0.3 is 10.4 Å². The van der Waals surface area contributed by atoms with E-state index < -0.39 is 29.9 Å². The normalized spacial score (nSPS) is 12.3. The van der Waals surface area contributed by atoms with Crippen LogP contribution in [0.4, 0.5) is 8.78 Å². The standard InChI is InChI=1S/C6H12F2O4S/c1-2-4-11-13(9,10)12-5-3-6(7)8/h6H,2-5H2,1H3. The second-order valence-corrected chi connectivity index (χ2v) is 3.52. The second-order valence-electron chi connectivity index (χ2n) is 2.23. The van der Waals surface area contributed by atoms with E-state index in [9.17, 15) is 17.2 Å². The van der Waals surface area contributed by atoms with Crippen LogP contribution in [0.25, 0.3) is 0 Å². The molecule has 0 bridgehead atoms. The Bertz CT molecular complexity index is 215. The van der Waals surface area contributed by atoms with Gasteiger partial charge in [0.25, 0.3) is 0 Å². The van der Waals surface area contributed by atoms with Crippen LogP contribution in [0.2, 0.25) is 0 Å². The number of hydrogen-bond donors (Lipinski definition) is 0. The van der Waals surface area contributed by atoms with E-state index in [0.717, 1.165) is 0 Å². The Kier molecular flexibility index (Phi) is 6.10. The van der Waals surface area contributed by atoms with E-state index in [-0.39, 0.29) is 6.61 Å². The Morgan fingerprint density at radius 1 is 1.23 bits per heavy atom. The van der Waals surface area contributed by atoms with Gasteiger partial charge in [0.05, 0.1) is 13.2 Å². The minimum atomic E-state index is -4.07. The van der Waals surface area contributed by atoms with Crippen LogP contribution in [0.3, 0.4) is 0 Å². The molecular weight excluding hydrogens is 206 g/mol. The van der Waals surface area contributed by atoms with Crippen molar-refractivity contribution >= 4 is 10.4 Å². The van der Waals surface area contributed by atoms with E-state index in [1.807, 2.05) is 0 Å². The van der Waals surface area contributed by atoms with Crippen molar-refractivity contribution in [2.45, 2.75) is 26.2 Å². The average molecular weight is 218 g/mol. The van der Waals surface area contributed by atoms with Crippen LogP contribution in [0, 0.1) is 0 Å². The summed E-state index contributed by atoms with van der Waals surface area (Å²) in [6.07, 6.45) is -2.67. The SMILES string of the molecule is CCCOS(=O)(=O)OCCC(F)F. The molecule has 0 radical (unpaired) electrons. The van der Waals surface area contributed by atoms with Crippen molar-refractivity contribution in [2.75, 3.05) is 13.2 Å². The van der Waals surface area contributed by atoms with Crippen molar-refractivity contribution in [2.24, 2.45) is 0 Å². The van der Waals surface area contributed by atoms with Crippen molar-refractivity contribution < 1.29 is 25.6 Å². The van der Waals surface area contributed by atoms with Crippen molar-refractivity contribution in [3.8, 4) is 0 Å². The van der Waals surface area contributed by atoms with Gasteiger partial charge in [-0.15, -0.1) is 0 Å². The van der Waals surface area contributed by atoms with E-state index >= 15 is 0 Å². The molecule has 0 fully saturated rings. The van der Waals surface area contributed by atoms with E-state index in [2.05, 4.69) is 8.37 Å². The third kappa shape index (κ3) is 8.07. The lowest BCUT2D eigenvalue weighted by atomic mass is 10.5. The van der Waals surface area contributed by atoms with Crippen molar-refractivity contribution in [1.82, 2.24) is 0 Å². The zero-order chi connectivity index (χ0) is 10.3. The molecule has 0 spiro atoms. The monoisotopic (exact) mass is 218 g/mol. The van der Waals surface area contributed by atoms with Gasteiger partial charge in [-0.25, -0.2) is 17.1 Å². The Morgan fingerprint density at radius 2 is 1.77 bits per heavy atom. The summed E-state index contributed by atoms with van der Waals surface area (Å²) in [4.78, 5) is 0. The van der Waals surface area contributed by atoms with Crippen LogP contribution in [0.1, 0.15) is 19.8 Å². The van der Waals surface area contributed by atoms with E-state index in [4.69, 9.17) is 0 Å². The number of halogens is 2. The molecule has 0 unspecified atom stereocenters. The molecule has 4 nitrogen and oxygen atoms in total. The van der Waals surface area contributed by atoms with Gasteiger partial charge in [-0.1, -0.05) is 6.92 Å². The minimum absolute atomic E-state index is 0.00296. The maximum absolute atomic E-state index is 11.5. The smallest absolute Gasteiger partial charge is 0.248 e. The van der Waals surface area contributed by atoms with Gasteiger partial charge < -0.3 is 0 Å². The molecule has 13 heavy (non-hydrogen) atoms. The molecule has 0 heterocycles. The lowest BCUT2D eigenvalue weighted by Gasteiger charge is -2.04. The maximum Gasteiger partial charge on any atom is 0.399 e. The summed E-state index contributed by atoms with van der Waals surface area (Å²) >= 11 is 0. The Labute approximate surface area is 76.2 Å². The Morgan fingerprint density at radius 3 is 2.23 bits per heavy atom. The molecule has 0 aromatic heterocycles. The highest BCUT2D eigenvalue weighted by molar-refractivity contribution is 7.81. The second kappa shape index (κ2) is 6.22. The summed E-state index contributed by atoms with van der Waals surface area (Å²) in [5.41, 5.74) is 0. The Hall–Kier alpha value is -0.270. The zero-order valence-electron chi connectivity index (χ0n) is 7.20. The topological polar surface area (TPSA) is 52.6 Å². The largest absolute Gasteiger partial charge is 0.399 e. The molecule has 0 aliphatic rings. The van der Waals surface area contributed by atoms with Crippen molar-refractivity contribution in [1.29, 1.82) is 0 Å². The quantitative estimate of drug-likeness (QED) is 0.646. The summed E-state index contributed by atoms with van der Waals surface area (Å²) in [6, 6.07) is 0. The third-order valence-electron chi connectivity index (χ3n) is 0.996. The number of alkyl halides is 2. The van der Waals surface area contributed by atoms with Crippen LogP contribution in [0.15, 0.2) is 0 Å². The Balaban J connectivity index is 3.64. The van der Waals surface area contributed by atoms with Gasteiger partial charge in [0.15, 0.2) is 0 Å². The van der Waals surface area contributed by atoms with E-state index in [1.54, 1.807) is 6.92 Å². The fraction of sp³-hybridized carbons (Fsp3) is 1.00. The molecule has 0 aromatic carbocycles. The summed E-state index contributed by atoms with van der Waals surface area (Å²) in [6.45, 7) is 1.16. The highest BCUT2D eigenvalue weighted by Gasteiger charge is 2.12. The van der Waals surface area contributed by atoms with Gasteiger partial charge in [-0.3, -0.25) is 0 Å². The number of hydrogen-bond acceptors (Lipinski definition) is 4. The molecule has 0 atom stereocenters. The van der Waals surface area contributed by atoms with Crippen molar-refractivity contribution in [3.63, 3.8) is 0 Å². The molecule has 0 aromatic rings. The molecule has 0 N–H and O–H groups in total. The van der Waals surface area contributed by atoms with Crippen LogP contribution in [-0.4, -0.2) is 28.1 Å². The molecule has 0 amide bonds. The van der Waals surface area contributed by atoms with Crippen LogP contribution in [-0.2, 0) is 18.8 Å². The van der Waals surface area contributed by atoms with Crippen LogP contribution >= 0.6 is 0 Å². The predicted molar refractivity (Wildman–Crippen MR) is 41.7 cm³/mol. The highest BCUT2D eigenvalue weighted by Crippen LogP contribution is 2.03. The summed E-state index contributed by atoms with van der Waals surface area (Å²) in [7, 11) is -4.07. The first kappa shape index (κ1) is 12.7. The minimum Gasteiger partial charge on any atom is -0.248 e. The fourth-order valence-electron chi connectivity index (χ4n) is 0.459. The lowest BCUT2D eigenvalue weighted by molar-refractivity contribution is 0.109. The van der Waals surface area contributed by atoms with Crippen LogP contribution < -0.4 is 0 Å². The zero-order valence-corrected chi connectivity index (χ0v) is 8.02. The van der Waals surface area contributed by atoms with Crippen molar-refractivity contribution in [3.05, 3.63) is 0 Å². The molecule has 0 saturated heterocycles. The van der Waals surface area contributed by atoms with Gasteiger partial charge in [-0.2, -0.15) is 8.42 Å². The fourth-order valence-corrected chi connectivity index (χ4v) is 1.20. The summed E-state index contributed by atoms with van der Waals surface area (Å²) in [5.74, 6) is 0. The first-order valence-electron chi connectivity index (χ1n) is 3.80. The van der Waals surface area contributed by atoms with E-state index in [0.29, 0.717) is 6.42 Å². The molecule has 7 heteroatoms. The first-order valence-corrected chi connectivity index (χ1v) is 5.13. The summed E-state index contributed by atoms with van der Waals surface area (Å²) in [5, 5.41) is 0. The van der Waals surface area contributed by atoms with Gasteiger partial charge in [-0.05, 0) is 6.42 Å². The lowest BCUT2D eigenvalue weighted by Crippen LogP contribution is -2.13. The molecule has 0 aliphatic heterocycles. The average Bonchev–Trinajstić information content (AvgIpc) is 2.00. The molecule has 0 aliphatic carbocycles. The number of rotatable bonds is 7. The predicted octanol–water partition coefficient (Wildman–Crippen LogP) is 1.33. The van der Waals surface area contributed by atoms with Gasteiger partial charge in [0, 0.05) is 6.42 Å². The highest BCUT2D eigenvalue weighted by atomic mass is 32.3. The first-order chi connectivity index (χ1) is 5.98. The van der Waals surface area contributed by atoms with E-state index in [1.165, 1.54) is 0 Å². The van der Waals surface area contributed by atoms with Gasteiger partial charge in [0.2, 0.25) is 6.43 Å². The van der Waals surface area contributed by atoms with Crippen LogP contribution in [0.5, 0.6) is 0 Å².